The van der Waals surface area contributed by atoms with Crippen molar-refractivity contribution in [3.05, 3.63) is 51.7 Å². The third-order valence-electron chi connectivity index (χ3n) is 2.68. The van der Waals surface area contributed by atoms with Crippen molar-refractivity contribution >= 4 is 17.0 Å². The largest absolute Gasteiger partial charge is 0.384 e. The van der Waals surface area contributed by atoms with Gasteiger partial charge in [-0.2, -0.15) is 16.6 Å². The van der Waals surface area contributed by atoms with Gasteiger partial charge in [0.05, 0.1) is 11.6 Å². The molecular weight excluding hydrogens is 228 g/mol. The zero-order valence-corrected chi connectivity index (χ0v) is 10.6. The summed E-state index contributed by atoms with van der Waals surface area (Å²) in [5.41, 5.74) is 4.29. The number of rotatable bonds is 4. The first-order valence-electron chi connectivity index (χ1n) is 5.55. The third-order valence-corrected chi connectivity index (χ3v) is 3.41. The van der Waals surface area contributed by atoms with Crippen LogP contribution in [-0.2, 0) is 6.42 Å². The highest BCUT2D eigenvalue weighted by Gasteiger charge is 2.00. The molecule has 0 saturated heterocycles. The van der Waals surface area contributed by atoms with Gasteiger partial charge in [-0.25, -0.2) is 0 Å². The molecule has 0 aliphatic heterocycles. The van der Waals surface area contributed by atoms with Crippen molar-refractivity contribution in [1.82, 2.24) is 0 Å². The molecule has 1 aromatic heterocycles. The van der Waals surface area contributed by atoms with Crippen molar-refractivity contribution in [2.75, 3.05) is 11.9 Å². The van der Waals surface area contributed by atoms with Gasteiger partial charge in [-0.1, -0.05) is 6.07 Å². The lowest BCUT2D eigenvalue weighted by Crippen LogP contribution is -2.05. The third kappa shape index (κ3) is 3.08. The fourth-order valence-electron chi connectivity index (χ4n) is 1.66. The smallest absolute Gasteiger partial charge is 0.0992 e. The van der Waals surface area contributed by atoms with Crippen molar-refractivity contribution in [3.8, 4) is 6.07 Å². The van der Waals surface area contributed by atoms with Crippen LogP contribution in [0.1, 0.15) is 16.7 Å². The van der Waals surface area contributed by atoms with E-state index in [1.807, 2.05) is 25.1 Å². The Hall–Kier alpha value is -1.79. The van der Waals surface area contributed by atoms with E-state index in [-0.39, 0.29) is 0 Å². The molecule has 0 saturated carbocycles. The lowest BCUT2D eigenvalue weighted by atomic mass is 10.1. The highest BCUT2D eigenvalue weighted by Crippen LogP contribution is 2.16. The SMILES string of the molecule is Cc1ccc(C#N)cc1NCCc1ccsc1. The second-order valence-corrected chi connectivity index (χ2v) is 4.73. The Morgan fingerprint density at radius 3 is 2.94 bits per heavy atom. The Bertz CT molecular complexity index is 524. The summed E-state index contributed by atoms with van der Waals surface area (Å²) < 4.78 is 0. The number of thiophene rings is 1. The van der Waals surface area contributed by atoms with Gasteiger partial charge >= 0.3 is 0 Å². The van der Waals surface area contributed by atoms with Crippen LogP contribution >= 0.6 is 11.3 Å². The van der Waals surface area contributed by atoms with E-state index in [0.29, 0.717) is 5.56 Å². The van der Waals surface area contributed by atoms with Crippen LogP contribution in [0, 0.1) is 18.3 Å². The topological polar surface area (TPSA) is 35.8 Å². The summed E-state index contributed by atoms with van der Waals surface area (Å²) in [7, 11) is 0. The fraction of sp³-hybridized carbons (Fsp3) is 0.214. The molecule has 2 aromatic rings. The Morgan fingerprint density at radius 1 is 1.35 bits per heavy atom. The zero-order valence-electron chi connectivity index (χ0n) is 9.73. The number of nitriles is 1. The van der Waals surface area contributed by atoms with E-state index in [4.69, 9.17) is 5.26 Å². The van der Waals surface area contributed by atoms with Crippen LogP contribution in [0.25, 0.3) is 0 Å². The second kappa shape index (κ2) is 5.51. The number of benzene rings is 1. The van der Waals surface area contributed by atoms with Crippen LogP contribution in [0.15, 0.2) is 35.0 Å². The summed E-state index contributed by atoms with van der Waals surface area (Å²) >= 11 is 1.72. The molecule has 1 aromatic carbocycles. The van der Waals surface area contributed by atoms with Gasteiger partial charge < -0.3 is 5.32 Å². The average molecular weight is 242 g/mol. The predicted molar refractivity (Wildman–Crippen MR) is 72.4 cm³/mol. The molecule has 0 amide bonds. The van der Waals surface area contributed by atoms with Crippen LogP contribution < -0.4 is 5.32 Å². The summed E-state index contributed by atoms with van der Waals surface area (Å²) in [6, 6.07) is 10.0. The molecule has 0 aliphatic rings. The van der Waals surface area contributed by atoms with Crippen molar-refractivity contribution in [1.29, 1.82) is 5.26 Å². The summed E-state index contributed by atoms with van der Waals surface area (Å²) in [5.74, 6) is 0. The van der Waals surface area contributed by atoms with E-state index in [2.05, 4.69) is 28.2 Å². The predicted octanol–water partition coefficient (Wildman–Crippen LogP) is 3.58. The maximum Gasteiger partial charge on any atom is 0.0992 e. The number of hydrogen-bond acceptors (Lipinski definition) is 3. The molecule has 0 spiro atoms. The van der Waals surface area contributed by atoms with Crippen molar-refractivity contribution in [2.24, 2.45) is 0 Å². The summed E-state index contributed by atoms with van der Waals surface area (Å²) in [6.07, 6.45) is 1.01. The first-order chi connectivity index (χ1) is 8.29. The maximum atomic E-state index is 8.85. The van der Waals surface area contributed by atoms with Gasteiger partial charge in [-0.3, -0.25) is 0 Å². The van der Waals surface area contributed by atoms with Crippen LogP contribution in [0.3, 0.4) is 0 Å². The molecule has 0 unspecified atom stereocenters. The van der Waals surface area contributed by atoms with Crippen molar-refractivity contribution in [3.63, 3.8) is 0 Å². The highest BCUT2D eigenvalue weighted by atomic mass is 32.1. The van der Waals surface area contributed by atoms with Gasteiger partial charge in [-0.15, -0.1) is 0 Å². The normalized spacial score (nSPS) is 9.88. The molecule has 0 bridgehead atoms. The maximum absolute atomic E-state index is 8.85. The molecule has 2 nitrogen and oxygen atoms in total. The number of nitrogens with zero attached hydrogens (tertiary/aromatic N) is 1. The number of anilines is 1. The van der Waals surface area contributed by atoms with Gasteiger partial charge in [-0.05, 0) is 53.4 Å². The Balaban J connectivity index is 1.97. The average Bonchev–Trinajstić information content (AvgIpc) is 2.84. The highest BCUT2D eigenvalue weighted by molar-refractivity contribution is 7.07. The quantitative estimate of drug-likeness (QED) is 0.889. The molecular formula is C14H14N2S. The van der Waals surface area contributed by atoms with Crippen LogP contribution in [0.2, 0.25) is 0 Å². The van der Waals surface area contributed by atoms with Gasteiger partial charge in [0.1, 0.15) is 0 Å². The van der Waals surface area contributed by atoms with Crippen LogP contribution in [0.5, 0.6) is 0 Å². The molecule has 2 rings (SSSR count). The molecule has 0 radical (unpaired) electrons. The van der Waals surface area contributed by atoms with E-state index in [0.717, 1.165) is 18.7 Å². The fourth-order valence-corrected chi connectivity index (χ4v) is 2.36. The molecule has 0 aliphatic carbocycles. The van der Waals surface area contributed by atoms with Crippen molar-refractivity contribution < 1.29 is 0 Å². The lowest BCUT2D eigenvalue weighted by Gasteiger charge is -2.09. The molecule has 1 N–H and O–H groups in total. The lowest BCUT2D eigenvalue weighted by molar-refractivity contribution is 1.02. The molecule has 1 heterocycles. The van der Waals surface area contributed by atoms with Crippen LogP contribution in [0.4, 0.5) is 5.69 Å². The van der Waals surface area contributed by atoms with E-state index in [9.17, 15) is 0 Å². The first kappa shape index (κ1) is 11.7. The van der Waals surface area contributed by atoms with Gasteiger partial charge in [0.25, 0.3) is 0 Å². The molecule has 17 heavy (non-hydrogen) atoms. The Kier molecular flexibility index (Phi) is 3.79. The van der Waals surface area contributed by atoms with E-state index >= 15 is 0 Å². The number of aryl methyl sites for hydroxylation is 1. The Labute approximate surface area is 106 Å². The van der Waals surface area contributed by atoms with Gasteiger partial charge in [0.2, 0.25) is 0 Å². The monoisotopic (exact) mass is 242 g/mol. The van der Waals surface area contributed by atoms with Crippen molar-refractivity contribution in [2.45, 2.75) is 13.3 Å². The van der Waals surface area contributed by atoms with E-state index in [1.54, 1.807) is 11.3 Å². The zero-order chi connectivity index (χ0) is 12.1. The van der Waals surface area contributed by atoms with Crippen LogP contribution in [-0.4, -0.2) is 6.54 Å². The summed E-state index contributed by atoms with van der Waals surface area (Å²) in [5, 5.41) is 16.5. The minimum absolute atomic E-state index is 0.702. The minimum atomic E-state index is 0.702. The van der Waals surface area contributed by atoms with Gasteiger partial charge in [0, 0.05) is 12.2 Å². The summed E-state index contributed by atoms with van der Waals surface area (Å²) in [6.45, 7) is 2.94. The molecule has 86 valence electrons. The molecule has 0 atom stereocenters. The number of hydrogen-bond donors (Lipinski definition) is 1. The van der Waals surface area contributed by atoms with Gasteiger partial charge in [0.15, 0.2) is 0 Å². The first-order valence-corrected chi connectivity index (χ1v) is 6.49. The Morgan fingerprint density at radius 2 is 2.24 bits per heavy atom. The minimum Gasteiger partial charge on any atom is -0.384 e. The molecule has 0 fully saturated rings. The molecule has 3 heteroatoms. The second-order valence-electron chi connectivity index (χ2n) is 3.95. The standard InChI is InChI=1S/C14H14N2S/c1-11-2-3-13(9-15)8-14(11)16-6-4-12-5-7-17-10-12/h2-3,5,7-8,10,16H,4,6H2,1H3. The van der Waals surface area contributed by atoms with E-state index in [1.165, 1.54) is 11.1 Å². The summed E-state index contributed by atoms with van der Waals surface area (Å²) in [4.78, 5) is 0. The van der Waals surface area contributed by atoms with E-state index < -0.39 is 0 Å². The number of nitrogens with one attached hydrogen (secondary N) is 1.